The fourth-order valence-corrected chi connectivity index (χ4v) is 8.12. The predicted molar refractivity (Wildman–Crippen MR) is 209 cm³/mol. The molecule has 0 bridgehead atoms. The van der Waals surface area contributed by atoms with Crippen LogP contribution in [0.1, 0.15) is 8.22 Å². The molecule has 11 aromatic rings. The number of nitrogens with zero attached hydrogens (tertiary/aromatic N) is 3. The Morgan fingerprint density at radius 2 is 1.18 bits per heavy atom. The Balaban J connectivity index is 1.21. The van der Waals surface area contributed by atoms with Gasteiger partial charge < -0.3 is 8.83 Å². The molecular formula is C45H25N3O2S. The smallest absolute Gasteiger partial charge is 0.164 e. The third kappa shape index (κ3) is 4.37. The lowest BCUT2D eigenvalue weighted by atomic mass is 9.97. The molecule has 5 nitrogen and oxygen atoms in total. The summed E-state index contributed by atoms with van der Waals surface area (Å²) < 4.78 is 70.3. The van der Waals surface area contributed by atoms with Gasteiger partial charge in [0.1, 0.15) is 22.3 Å². The van der Waals surface area contributed by atoms with Crippen LogP contribution in [0, 0.1) is 0 Å². The van der Waals surface area contributed by atoms with Crippen LogP contribution < -0.4 is 0 Å². The van der Waals surface area contributed by atoms with E-state index in [4.69, 9.17) is 27.9 Å². The third-order valence-electron chi connectivity index (χ3n) is 9.27. The van der Waals surface area contributed by atoms with Crippen LogP contribution in [0.4, 0.5) is 0 Å². The van der Waals surface area contributed by atoms with Crippen molar-refractivity contribution in [3.05, 3.63) is 152 Å². The van der Waals surface area contributed by atoms with Gasteiger partial charge in [0.2, 0.25) is 0 Å². The molecule has 7 aromatic carbocycles. The molecule has 0 aliphatic carbocycles. The highest BCUT2D eigenvalue weighted by Crippen LogP contribution is 2.43. The lowest BCUT2D eigenvalue weighted by molar-refractivity contribution is 0.668. The van der Waals surface area contributed by atoms with Crippen molar-refractivity contribution in [3.63, 3.8) is 0 Å². The van der Waals surface area contributed by atoms with Gasteiger partial charge in [0.25, 0.3) is 0 Å². The molecule has 51 heavy (non-hydrogen) atoms. The Kier molecular flexibility index (Phi) is 4.91. The van der Waals surface area contributed by atoms with Gasteiger partial charge >= 0.3 is 0 Å². The van der Waals surface area contributed by atoms with Crippen LogP contribution in [0.3, 0.4) is 0 Å². The van der Waals surface area contributed by atoms with E-state index < -0.39 is 0 Å². The van der Waals surface area contributed by atoms with E-state index in [9.17, 15) is 4.11 Å². The number of hydrogen-bond donors (Lipinski definition) is 0. The molecule has 11 rings (SSSR count). The van der Waals surface area contributed by atoms with Crippen molar-refractivity contribution in [3.8, 4) is 45.3 Å². The van der Waals surface area contributed by atoms with Crippen LogP contribution in [0.5, 0.6) is 0 Å². The van der Waals surface area contributed by atoms with Gasteiger partial charge in [0.05, 0.1) is 8.22 Å². The molecule has 0 aliphatic rings. The summed E-state index contributed by atoms with van der Waals surface area (Å²) >= 11 is 1.67. The Morgan fingerprint density at radius 1 is 0.451 bits per heavy atom. The van der Waals surface area contributed by atoms with Gasteiger partial charge in [0, 0.05) is 64.0 Å². The molecule has 0 saturated carbocycles. The number of benzene rings is 7. The minimum absolute atomic E-state index is 0.0181. The zero-order valence-corrected chi connectivity index (χ0v) is 27.4. The quantitative estimate of drug-likeness (QED) is 0.185. The molecule has 0 unspecified atom stereocenters. The summed E-state index contributed by atoms with van der Waals surface area (Å²) in [6.07, 6.45) is 0. The largest absolute Gasteiger partial charge is 0.456 e. The van der Waals surface area contributed by atoms with Crippen LogP contribution in [0.15, 0.2) is 160 Å². The lowest BCUT2D eigenvalue weighted by Gasteiger charge is -2.09. The highest BCUT2D eigenvalue weighted by molar-refractivity contribution is 7.25. The maximum atomic E-state index is 9.61. The summed E-state index contributed by atoms with van der Waals surface area (Å²) in [4.78, 5) is 14.7. The summed E-state index contributed by atoms with van der Waals surface area (Å²) in [5.74, 6) is 0.692. The first-order valence-electron chi connectivity index (χ1n) is 19.4. The van der Waals surface area contributed by atoms with Gasteiger partial charge in [-0.25, -0.2) is 15.0 Å². The van der Waals surface area contributed by atoms with E-state index in [2.05, 4.69) is 18.2 Å². The summed E-state index contributed by atoms with van der Waals surface area (Å²) in [7, 11) is 0. The number of rotatable bonds is 4. The van der Waals surface area contributed by atoms with Crippen molar-refractivity contribution in [2.75, 3.05) is 0 Å². The second-order valence-corrected chi connectivity index (χ2v) is 13.3. The molecule has 0 amide bonds. The normalized spacial score (nSPS) is 13.6. The van der Waals surface area contributed by atoms with Crippen molar-refractivity contribution in [2.24, 2.45) is 0 Å². The molecule has 6 heteroatoms. The molecule has 0 saturated heterocycles. The molecule has 0 N–H and O–H groups in total. The van der Waals surface area contributed by atoms with Crippen molar-refractivity contribution in [1.82, 2.24) is 15.0 Å². The van der Waals surface area contributed by atoms with Crippen LogP contribution in [-0.4, -0.2) is 15.0 Å². The van der Waals surface area contributed by atoms with E-state index >= 15 is 0 Å². The van der Waals surface area contributed by atoms with Crippen LogP contribution in [-0.2, 0) is 0 Å². The molecule has 0 fully saturated rings. The first-order valence-corrected chi connectivity index (χ1v) is 17.2. The van der Waals surface area contributed by atoms with Gasteiger partial charge in [-0.3, -0.25) is 0 Å². The molecule has 0 atom stereocenters. The molecule has 238 valence electrons. The standard InChI is InChI=1S/C45H25N3O2S/c1-2-11-26(12-3-1)43-46-44(48-45(47-43)34-18-10-22-39-41(34)33-14-5-7-21-38(33)51-39)27-23-24-28-30-16-8-17-31(42(30)50-37(28)25-27)29-15-9-20-36-40(29)32-13-4-6-19-35(32)49-36/h1-25H/i8D,16D,17D,23D,24D,25D. The number of hydrogen-bond acceptors (Lipinski definition) is 6. The van der Waals surface area contributed by atoms with E-state index in [0.717, 1.165) is 31.1 Å². The fraction of sp³-hybridized carbons (Fsp3) is 0. The molecule has 4 aromatic heterocycles. The number of furan rings is 2. The minimum atomic E-state index is -0.365. The van der Waals surface area contributed by atoms with Crippen molar-refractivity contribution in [2.45, 2.75) is 0 Å². The van der Waals surface area contributed by atoms with Gasteiger partial charge in [-0.1, -0.05) is 115 Å². The molecule has 0 spiro atoms. The Labute approximate surface area is 303 Å². The second-order valence-electron chi connectivity index (χ2n) is 12.2. The summed E-state index contributed by atoms with van der Waals surface area (Å²) in [5, 5.41) is 3.67. The zero-order chi connectivity index (χ0) is 38.7. The maximum Gasteiger partial charge on any atom is 0.164 e. The lowest BCUT2D eigenvalue weighted by Crippen LogP contribution is -2.00. The van der Waals surface area contributed by atoms with Gasteiger partial charge in [-0.15, -0.1) is 11.3 Å². The average molecular weight is 678 g/mol. The van der Waals surface area contributed by atoms with Gasteiger partial charge in [-0.05, 0) is 41.9 Å². The van der Waals surface area contributed by atoms with Crippen molar-refractivity contribution in [1.29, 1.82) is 0 Å². The van der Waals surface area contributed by atoms with Crippen molar-refractivity contribution < 1.29 is 17.1 Å². The van der Waals surface area contributed by atoms with Gasteiger partial charge in [0.15, 0.2) is 17.5 Å². The van der Waals surface area contributed by atoms with Crippen LogP contribution in [0.25, 0.3) is 109 Å². The van der Waals surface area contributed by atoms with E-state index in [1.165, 1.54) is 0 Å². The average Bonchev–Trinajstić information content (AvgIpc) is 3.95. The number of para-hydroxylation sites is 2. The summed E-state index contributed by atoms with van der Waals surface area (Å²) in [6.45, 7) is 0. The first-order chi connectivity index (χ1) is 27.8. The molecule has 0 aliphatic heterocycles. The SMILES string of the molecule is [2H]c1c([2H])c([2H])c2c(oc3c([2H])c(-c4nc(-c5ccccc5)nc(-c5cccc6sc7ccccc7c56)n4)c([2H])c([2H])c32)c1-c1cccc2oc3ccccc3c12. The third-order valence-corrected chi connectivity index (χ3v) is 10.4. The fourth-order valence-electron chi connectivity index (χ4n) is 6.99. The van der Waals surface area contributed by atoms with Crippen LogP contribution in [0.2, 0.25) is 0 Å². The Hall–Kier alpha value is -6.63. The Bertz CT molecular complexity index is 3510. The van der Waals surface area contributed by atoms with Crippen molar-refractivity contribution >= 4 is 75.4 Å². The monoisotopic (exact) mass is 677 g/mol. The minimum Gasteiger partial charge on any atom is -0.456 e. The number of thiophene rings is 1. The van der Waals surface area contributed by atoms with E-state index in [-0.39, 0.29) is 75.1 Å². The van der Waals surface area contributed by atoms with Crippen LogP contribution >= 0.6 is 11.3 Å². The topological polar surface area (TPSA) is 65.0 Å². The highest BCUT2D eigenvalue weighted by atomic mass is 32.1. The van der Waals surface area contributed by atoms with E-state index in [1.807, 2.05) is 91.0 Å². The number of aromatic nitrogens is 3. The maximum absolute atomic E-state index is 9.61. The number of fused-ring (bicyclic) bond motifs is 9. The Morgan fingerprint density at radius 3 is 2.10 bits per heavy atom. The molecule has 4 heterocycles. The summed E-state index contributed by atoms with van der Waals surface area (Å²) in [5.41, 5.74) is 3.43. The first kappa shape index (κ1) is 22.9. The highest BCUT2D eigenvalue weighted by Gasteiger charge is 2.20. The van der Waals surface area contributed by atoms with Gasteiger partial charge in [-0.2, -0.15) is 0 Å². The molecular weight excluding hydrogens is 647 g/mol. The zero-order valence-electron chi connectivity index (χ0n) is 32.5. The van der Waals surface area contributed by atoms with E-state index in [1.54, 1.807) is 17.4 Å². The molecule has 0 radical (unpaired) electrons. The van der Waals surface area contributed by atoms with E-state index in [0.29, 0.717) is 39.3 Å². The second kappa shape index (κ2) is 10.9. The summed E-state index contributed by atoms with van der Waals surface area (Å²) in [6, 6.07) is 34.7. The predicted octanol–water partition coefficient (Wildman–Crippen LogP) is 12.7.